The van der Waals surface area contributed by atoms with E-state index in [9.17, 15) is 18.3 Å². The van der Waals surface area contributed by atoms with Crippen molar-refractivity contribution in [3.05, 3.63) is 59.2 Å². The number of rotatable bonds is 6. The van der Waals surface area contributed by atoms with Crippen LogP contribution in [0.1, 0.15) is 35.3 Å². The normalized spacial score (nSPS) is 11.9. The van der Waals surface area contributed by atoms with Crippen molar-refractivity contribution in [1.82, 2.24) is 9.29 Å². The maximum Gasteiger partial charge on any atom is 0.336 e. The number of fused-ring (bicyclic) bond motifs is 1. The van der Waals surface area contributed by atoms with Gasteiger partial charge in [-0.3, -0.25) is 0 Å². The first-order chi connectivity index (χ1) is 13.7. The molecule has 0 saturated carbocycles. The number of aryl methyl sites for hydroxylation is 2. The summed E-state index contributed by atoms with van der Waals surface area (Å²) in [5.74, 6) is -1.12. The first-order valence-corrected chi connectivity index (χ1v) is 10.9. The van der Waals surface area contributed by atoms with Crippen molar-refractivity contribution in [3.63, 3.8) is 0 Å². The van der Waals surface area contributed by atoms with Gasteiger partial charge in [-0.15, -0.1) is 0 Å². The minimum atomic E-state index is -3.70. The highest BCUT2D eigenvalue weighted by Gasteiger charge is 2.23. The van der Waals surface area contributed by atoms with E-state index < -0.39 is 16.0 Å². The molecule has 0 amide bonds. The number of pyridine rings is 1. The number of hydrogen-bond acceptors (Lipinski definition) is 4. The molecule has 0 spiro atoms. The predicted molar refractivity (Wildman–Crippen MR) is 114 cm³/mol. The number of carboxylic acid groups (broad SMARTS) is 1. The van der Waals surface area contributed by atoms with Crippen LogP contribution in [0.2, 0.25) is 0 Å². The first-order valence-electron chi connectivity index (χ1n) is 9.45. The van der Waals surface area contributed by atoms with Gasteiger partial charge >= 0.3 is 5.97 Å². The smallest absolute Gasteiger partial charge is 0.336 e. The Morgan fingerprint density at radius 3 is 2.31 bits per heavy atom. The molecule has 2 aromatic carbocycles. The van der Waals surface area contributed by atoms with E-state index in [2.05, 4.69) is 4.98 Å². The Labute approximate surface area is 170 Å². The van der Waals surface area contributed by atoms with Crippen molar-refractivity contribution >= 4 is 26.9 Å². The largest absolute Gasteiger partial charge is 0.478 e. The average molecular weight is 413 g/mol. The van der Waals surface area contributed by atoms with Gasteiger partial charge in [0.1, 0.15) is 0 Å². The van der Waals surface area contributed by atoms with Gasteiger partial charge in [0.25, 0.3) is 0 Å². The van der Waals surface area contributed by atoms with Gasteiger partial charge in [0.05, 0.1) is 21.7 Å². The van der Waals surface area contributed by atoms with E-state index in [1.165, 1.54) is 22.5 Å². The Bertz CT molecular complexity index is 1200. The molecule has 3 rings (SSSR count). The van der Waals surface area contributed by atoms with Gasteiger partial charge in [-0.05, 0) is 43.7 Å². The van der Waals surface area contributed by atoms with Gasteiger partial charge in [-0.2, -0.15) is 4.31 Å². The fourth-order valence-electron chi connectivity index (χ4n) is 3.49. The van der Waals surface area contributed by atoms with E-state index >= 15 is 0 Å². The second kappa shape index (κ2) is 7.93. The maximum atomic E-state index is 12.8. The zero-order valence-corrected chi connectivity index (χ0v) is 17.7. The number of hydrogen-bond donors (Lipinski definition) is 1. The van der Waals surface area contributed by atoms with Gasteiger partial charge < -0.3 is 5.11 Å². The minimum absolute atomic E-state index is 0.0292. The fourth-order valence-corrected chi connectivity index (χ4v) is 4.98. The molecule has 6 nitrogen and oxygen atoms in total. The number of sulfonamides is 1. The Balaban J connectivity index is 2.25. The monoisotopic (exact) mass is 412 g/mol. The van der Waals surface area contributed by atoms with Crippen molar-refractivity contribution < 1.29 is 18.3 Å². The highest BCUT2D eigenvalue weighted by atomic mass is 32.2. The molecular formula is C22H24N2O4S. The zero-order valence-electron chi connectivity index (χ0n) is 16.9. The lowest BCUT2D eigenvalue weighted by molar-refractivity contribution is 0.0699. The van der Waals surface area contributed by atoms with E-state index in [1.54, 1.807) is 19.9 Å². The average Bonchev–Trinajstić information content (AvgIpc) is 2.67. The Kier molecular flexibility index (Phi) is 5.73. The summed E-state index contributed by atoms with van der Waals surface area (Å²) in [6, 6.07) is 11.9. The number of aromatic carboxylic acids is 1. The molecule has 0 atom stereocenters. The van der Waals surface area contributed by atoms with E-state index in [-0.39, 0.29) is 10.5 Å². The third kappa shape index (κ3) is 3.88. The molecule has 1 N–H and O–H groups in total. The highest BCUT2D eigenvalue weighted by Crippen LogP contribution is 2.29. The summed E-state index contributed by atoms with van der Waals surface area (Å²) >= 11 is 0. The maximum absolute atomic E-state index is 12.8. The quantitative estimate of drug-likeness (QED) is 0.654. The lowest BCUT2D eigenvalue weighted by Crippen LogP contribution is -2.30. The predicted octanol–water partition coefficient (Wildman–Crippen LogP) is 4.25. The van der Waals surface area contributed by atoms with E-state index in [0.717, 1.165) is 16.7 Å². The molecule has 0 aliphatic heterocycles. The number of carbonyl (C=O) groups is 1. The molecule has 0 radical (unpaired) electrons. The number of nitrogens with zero attached hydrogens (tertiary/aromatic N) is 2. The van der Waals surface area contributed by atoms with Crippen LogP contribution >= 0.6 is 0 Å². The van der Waals surface area contributed by atoms with Crippen molar-refractivity contribution in [3.8, 4) is 11.3 Å². The number of aromatic nitrogens is 1. The Morgan fingerprint density at radius 1 is 1.03 bits per heavy atom. The summed E-state index contributed by atoms with van der Waals surface area (Å²) in [6.45, 7) is 8.16. The van der Waals surface area contributed by atoms with Gasteiger partial charge in [0, 0.05) is 24.0 Å². The molecule has 0 fully saturated rings. The van der Waals surface area contributed by atoms with Crippen molar-refractivity contribution in [2.24, 2.45) is 0 Å². The number of benzene rings is 2. The summed E-state index contributed by atoms with van der Waals surface area (Å²) in [6.07, 6.45) is 0. The van der Waals surface area contributed by atoms with Crippen LogP contribution in [0.4, 0.5) is 0 Å². The minimum Gasteiger partial charge on any atom is -0.478 e. The summed E-state index contributed by atoms with van der Waals surface area (Å²) < 4.78 is 27.0. The standard InChI is InChI=1S/C22H24N2O4S/c1-5-24(6-2)29(27,28)16-8-10-20-18(12-16)19(22(25)26)13-21(23-20)17-9-7-14(3)11-15(17)4/h7-13H,5-6H2,1-4H3,(H,25,26). The van der Waals surface area contributed by atoms with Gasteiger partial charge in [-0.25, -0.2) is 18.2 Å². The highest BCUT2D eigenvalue weighted by molar-refractivity contribution is 7.89. The molecule has 152 valence electrons. The SMILES string of the molecule is CCN(CC)S(=O)(=O)c1ccc2nc(-c3ccc(C)cc3C)cc(C(=O)O)c2c1. The van der Waals surface area contributed by atoms with Crippen LogP contribution < -0.4 is 0 Å². The topological polar surface area (TPSA) is 87.6 Å². The molecule has 0 aliphatic rings. The Hall–Kier alpha value is -2.77. The Morgan fingerprint density at radius 2 is 1.72 bits per heavy atom. The third-order valence-electron chi connectivity index (χ3n) is 5.01. The molecule has 0 bridgehead atoms. The van der Waals surface area contributed by atoms with Crippen molar-refractivity contribution in [2.75, 3.05) is 13.1 Å². The molecule has 0 aliphatic carbocycles. The van der Waals surface area contributed by atoms with Crippen molar-refractivity contribution in [2.45, 2.75) is 32.6 Å². The summed E-state index contributed by atoms with van der Waals surface area (Å²) in [5.41, 5.74) is 3.97. The lowest BCUT2D eigenvalue weighted by atomic mass is 9.99. The van der Waals surface area contributed by atoms with Crippen LogP contribution in [-0.4, -0.2) is 41.9 Å². The van der Waals surface area contributed by atoms with E-state index in [0.29, 0.717) is 29.7 Å². The zero-order chi connectivity index (χ0) is 21.3. The van der Waals surface area contributed by atoms with E-state index in [4.69, 9.17) is 0 Å². The second-order valence-corrected chi connectivity index (χ2v) is 8.88. The van der Waals surface area contributed by atoms with Gasteiger partial charge in [-0.1, -0.05) is 37.6 Å². The van der Waals surface area contributed by atoms with Crippen LogP contribution in [0.25, 0.3) is 22.2 Å². The second-order valence-electron chi connectivity index (χ2n) is 6.95. The molecule has 0 unspecified atom stereocenters. The van der Waals surface area contributed by atoms with Crippen LogP contribution in [0, 0.1) is 13.8 Å². The molecule has 1 heterocycles. The van der Waals surface area contributed by atoms with Crippen LogP contribution in [0.3, 0.4) is 0 Å². The summed E-state index contributed by atoms with van der Waals surface area (Å²) in [7, 11) is -3.70. The molecular weight excluding hydrogens is 388 g/mol. The molecule has 0 saturated heterocycles. The molecule has 3 aromatic rings. The first kappa shape index (κ1) is 21.0. The lowest BCUT2D eigenvalue weighted by Gasteiger charge is -2.19. The van der Waals surface area contributed by atoms with Crippen LogP contribution in [0.15, 0.2) is 47.4 Å². The molecule has 29 heavy (non-hydrogen) atoms. The van der Waals surface area contributed by atoms with Gasteiger partial charge in [0.2, 0.25) is 10.0 Å². The molecule has 1 aromatic heterocycles. The summed E-state index contributed by atoms with van der Waals surface area (Å²) in [4.78, 5) is 16.6. The number of carboxylic acids is 1. The van der Waals surface area contributed by atoms with Crippen LogP contribution in [-0.2, 0) is 10.0 Å². The third-order valence-corrected chi connectivity index (χ3v) is 7.06. The van der Waals surface area contributed by atoms with E-state index in [1.807, 2.05) is 32.0 Å². The van der Waals surface area contributed by atoms with Crippen molar-refractivity contribution in [1.29, 1.82) is 0 Å². The summed E-state index contributed by atoms with van der Waals surface area (Å²) in [5, 5.41) is 10.1. The van der Waals surface area contributed by atoms with Crippen LogP contribution in [0.5, 0.6) is 0 Å². The molecule has 7 heteroatoms. The van der Waals surface area contributed by atoms with Gasteiger partial charge in [0.15, 0.2) is 0 Å². The fraction of sp³-hybridized carbons (Fsp3) is 0.273.